The fourth-order valence-corrected chi connectivity index (χ4v) is 2.25. The first kappa shape index (κ1) is 14.8. The first-order chi connectivity index (χ1) is 9.99. The zero-order chi connectivity index (χ0) is 15.4. The SMILES string of the molecule is NC(=O)C1CCN1C(=O)N(CC(=O)O)Cc1ccccc1. The first-order valence-electron chi connectivity index (χ1n) is 6.59. The van der Waals surface area contributed by atoms with Crippen molar-refractivity contribution in [3.8, 4) is 0 Å². The van der Waals surface area contributed by atoms with E-state index >= 15 is 0 Å². The molecule has 0 saturated carbocycles. The van der Waals surface area contributed by atoms with Crippen molar-refractivity contribution in [2.24, 2.45) is 5.73 Å². The molecule has 1 atom stereocenters. The lowest BCUT2D eigenvalue weighted by atomic mass is 10.0. The van der Waals surface area contributed by atoms with E-state index in [2.05, 4.69) is 0 Å². The maximum absolute atomic E-state index is 12.4. The summed E-state index contributed by atoms with van der Waals surface area (Å²) in [4.78, 5) is 37.0. The Hall–Kier alpha value is -2.57. The molecule has 0 radical (unpaired) electrons. The minimum Gasteiger partial charge on any atom is -0.480 e. The van der Waals surface area contributed by atoms with Gasteiger partial charge < -0.3 is 20.6 Å². The van der Waals surface area contributed by atoms with Gasteiger partial charge in [0.1, 0.15) is 12.6 Å². The third kappa shape index (κ3) is 3.50. The molecule has 2 rings (SSSR count). The van der Waals surface area contributed by atoms with Crippen molar-refractivity contribution in [1.29, 1.82) is 0 Å². The Labute approximate surface area is 121 Å². The van der Waals surface area contributed by atoms with Gasteiger partial charge in [-0.25, -0.2) is 4.79 Å². The van der Waals surface area contributed by atoms with Gasteiger partial charge in [0, 0.05) is 13.1 Å². The van der Waals surface area contributed by atoms with Gasteiger partial charge in [0.05, 0.1) is 0 Å². The van der Waals surface area contributed by atoms with E-state index in [9.17, 15) is 14.4 Å². The van der Waals surface area contributed by atoms with Crippen LogP contribution in [0.5, 0.6) is 0 Å². The number of nitrogens with zero attached hydrogens (tertiary/aromatic N) is 2. The maximum atomic E-state index is 12.4. The van der Waals surface area contributed by atoms with Crippen LogP contribution in [0.2, 0.25) is 0 Å². The van der Waals surface area contributed by atoms with Gasteiger partial charge in [0.15, 0.2) is 0 Å². The molecular formula is C14H17N3O4. The molecule has 0 bridgehead atoms. The van der Waals surface area contributed by atoms with Crippen LogP contribution in [0.15, 0.2) is 30.3 Å². The molecule has 1 aromatic rings. The number of hydrogen-bond acceptors (Lipinski definition) is 3. The molecule has 1 saturated heterocycles. The predicted octanol–water partition coefficient (Wildman–Crippen LogP) is 0.253. The van der Waals surface area contributed by atoms with Crippen LogP contribution in [0, 0.1) is 0 Å². The molecular weight excluding hydrogens is 274 g/mol. The standard InChI is InChI=1S/C14H17N3O4/c15-13(20)11-6-7-17(11)14(21)16(9-12(18)19)8-10-4-2-1-3-5-10/h1-5,11H,6-9H2,(H2,15,20)(H,18,19). The molecule has 1 aliphatic rings. The van der Waals surface area contributed by atoms with Crippen LogP contribution >= 0.6 is 0 Å². The van der Waals surface area contributed by atoms with E-state index in [4.69, 9.17) is 10.8 Å². The summed E-state index contributed by atoms with van der Waals surface area (Å²) >= 11 is 0. The van der Waals surface area contributed by atoms with Crippen molar-refractivity contribution >= 4 is 17.9 Å². The van der Waals surface area contributed by atoms with Crippen LogP contribution in [-0.2, 0) is 16.1 Å². The summed E-state index contributed by atoms with van der Waals surface area (Å²) in [5.41, 5.74) is 6.03. The number of carbonyl (C=O) groups is 3. The highest BCUT2D eigenvalue weighted by Crippen LogP contribution is 2.20. The monoisotopic (exact) mass is 291 g/mol. The average molecular weight is 291 g/mol. The molecule has 3 amide bonds. The molecule has 1 aliphatic heterocycles. The lowest BCUT2D eigenvalue weighted by Crippen LogP contribution is -2.60. The Morgan fingerprint density at radius 2 is 1.95 bits per heavy atom. The van der Waals surface area contributed by atoms with E-state index < -0.39 is 30.5 Å². The van der Waals surface area contributed by atoms with Crippen LogP contribution in [0.25, 0.3) is 0 Å². The van der Waals surface area contributed by atoms with Gasteiger partial charge in [-0.15, -0.1) is 0 Å². The second kappa shape index (κ2) is 6.25. The van der Waals surface area contributed by atoms with Gasteiger partial charge in [-0.05, 0) is 12.0 Å². The number of carbonyl (C=O) groups excluding carboxylic acids is 2. The number of hydrogen-bond donors (Lipinski definition) is 2. The normalized spacial score (nSPS) is 17.0. The van der Waals surface area contributed by atoms with Crippen LogP contribution < -0.4 is 5.73 Å². The summed E-state index contributed by atoms with van der Waals surface area (Å²) in [6.45, 7) is 0.168. The molecule has 0 aliphatic carbocycles. The average Bonchev–Trinajstić information content (AvgIpc) is 2.36. The number of amides is 3. The topological polar surface area (TPSA) is 104 Å². The quantitative estimate of drug-likeness (QED) is 0.811. The number of primary amides is 1. The molecule has 3 N–H and O–H groups in total. The predicted molar refractivity (Wildman–Crippen MR) is 74.2 cm³/mol. The van der Waals surface area contributed by atoms with Crippen molar-refractivity contribution in [2.75, 3.05) is 13.1 Å². The van der Waals surface area contributed by atoms with Gasteiger partial charge >= 0.3 is 12.0 Å². The molecule has 1 fully saturated rings. The summed E-state index contributed by atoms with van der Waals surface area (Å²) in [6.07, 6.45) is 0.521. The highest BCUT2D eigenvalue weighted by atomic mass is 16.4. The largest absolute Gasteiger partial charge is 0.480 e. The minimum absolute atomic E-state index is 0.175. The van der Waals surface area contributed by atoms with E-state index in [0.29, 0.717) is 13.0 Å². The van der Waals surface area contributed by atoms with Crippen molar-refractivity contribution in [1.82, 2.24) is 9.80 Å². The minimum atomic E-state index is -1.10. The fraction of sp³-hybridized carbons (Fsp3) is 0.357. The zero-order valence-electron chi connectivity index (χ0n) is 11.4. The molecule has 1 unspecified atom stereocenters. The zero-order valence-corrected chi connectivity index (χ0v) is 11.4. The number of nitrogens with two attached hydrogens (primary N) is 1. The Balaban J connectivity index is 2.10. The Bertz CT molecular complexity index is 546. The van der Waals surface area contributed by atoms with E-state index in [1.807, 2.05) is 30.3 Å². The lowest BCUT2D eigenvalue weighted by Gasteiger charge is -2.41. The maximum Gasteiger partial charge on any atom is 0.323 e. The summed E-state index contributed by atoms with van der Waals surface area (Å²) in [6, 6.07) is 7.98. The van der Waals surface area contributed by atoms with E-state index in [0.717, 1.165) is 5.56 Å². The van der Waals surface area contributed by atoms with Crippen LogP contribution in [0.1, 0.15) is 12.0 Å². The van der Waals surface area contributed by atoms with Gasteiger partial charge in [-0.1, -0.05) is 30.3 Å². The summed E-state index contributed by atoms with van der Waals surface area (Å²) in [5, 5.41) is 8.95. The summed E-state index contributed by atoms with van der Waals surface area (Å²) in [7, 11) is 0. The van der Waals surface area contributed by atoms with Crippen LogP contribution in [0.4, 0.5) is 4.79 Å². The third-order valence-corrected chi connectivity index (χ3v) is 3.41. The van der Waals surface area contributed by atoms with Crippen molar-refractivity contribution in [3.63, 3.8) is 0 Å². The number of urea groups is 1. The number of benzene rings is 1. The second-order valence-electron chi connectivity index (χ2n) is 4.92. The smallest absolute Gasteiger partial charge is 0.323 e. The fourth-order valence-electron chi connectivity index (χ4n) is 2.25. The van der Waals surface area contributed by atoms with Gasteiger partial charge in [0.25, 0.3) is 0 Å². The molecule has 1 aromatic carbocycles. The molecule has 112 valence electrons. The molecule has 7 nitrogen and oxygen atoms in total. The van der Waals surface area contributed by atoms with E-state index in [1.165, 1.54) is 9.80 Å². The van der Waals surface area contributed by atoms with Gasteiger partial charge in [-0.3, -0.25) is 9.59 Å². The van der Waals surface area contributed by atoms with Crippen molar-refractivity contribution in [2.45, 2.75) is 19.0 Å². The number of likely N-dealkylation sites (tertiary alicyclic amines) is 1. The molecule has 7 heteroatoms. The Morgan fingerprint density at radius 1 is 1.29 bits per heavy atom. The first-order valence-corrected chi connectivity index (χ1v) is 6.59. The number of aliphatic carboxylic acids is 1. The summed E-state index contributed by atoms with van der Waals surface area (Å²) < 4.78 is 0. The number of rotatable bonds is 5. The van der Waals surface area contributed by atoms with E-state index in [1.54, 1.807) is 0 Å². The summed E-state index contributed by atoms with van der Waals surface area (Å²) in [5.74, 6) is -1.67. The van der Waals surface area contributed by atoms with E-state index in [-0.39, 0.29) is 6.54 Å². The molecule has 0 spiro atoms. The van der Waals surface area contributed by atoms with Crippen LogP contribution in [-0.4, -0.2) is 51.9 Å². The third-order valence-electron chi connectivity index (χ3n) is 3.41. The molecule has 21 heavy (non-hydrogen) atoms. The highest BCUT2D eigenvalue weighted by Gasteiger charge is 2.38. The lowest BCUT2D eigenvalue weighted by molar-refractivity contribution is -0.138. The van der Waals surface area contributed by atoms with Crippen molar-refractivity contribution < 1.29 is 19.5 Å². The van der Waals surface area contributed by atoms with Crippen LogP contribution in [0.3, 0.4) is 0 Å². The van der Waals surface area contributed by atoms with Crippen molar-refractivity contribution in [3.05, 3.63) is 35.9 Å². The van der Waals surface area contributed by atoms with Gasteiger partial charge in [-0.2, -0.15) is 0 Å². The Morgan fingerprint density at radius 3 is 2.43 bits per heavy atom. The number of carboxylic acids is 1. The van der Waals surface area contributed by atoms with Gasteiger partial charge in [0.2, 0.25) is 5.91 Å². The highest BCUT2D eigenvalue weighted by molar-refractivity contribution is 5.88. The Kier molecular flexibility index (Phi) is 4.42. The molecule has 0 aromatic heterocycles. The molecule has 1 heterocycles. The number of carboxylic acid groups (broad SMARTS) is 1. The second-order valence-corrected chi connectivity index (χ2v) is 4.92.